The number of benzene rings is 1. The van der Waals surface area contributed by atoms with E-state index in [2.05, 4.69) is 17.0 Å². The molecule has 0 aromatic heterocycles. The van der Waals surface area contributed by atoms with Crippen LogP contribution in [0.15, 0.2) is 30.3 Å². The Balaban J connectivity index is 1.34. The van der Waals surface area contributed by atoms with Crippen LogP contribution in [0, 0.1) is 17.8 Å². The number of piperazine rings is 1. The molecule has 1 saturated carbocycles. The lowest BCUT2D eigenvalue weighted by atomic mass is 9.72. The molecule has 1 aliphatic carbocycles. The SMILES string of the molecule is O=C(NO)C1CC(CC(=O)N2CC[C@@H](O)C2)CCC1C(=O)N1CCN(c2ccccc2)CC1. The number of rotatable bonds is 5. The van der Waals surface area contributed by atoms with Gasteiger partial charge in [-0.3, -0.25) is 19.6 Å². The molecule has 4 atom stereocenters. The van der Waals surface area contributed by atoms with E-state index in [4.69, 9.17) is 0 Å². The van der Waals surface area contributed by atoms with Gasteiger partial charge in [0.1, 0.15) is 0 Å². The second-order valence-electron chi connectivity index (χ2n) is 9.50. The number of nitrogens with one attached hydrogen (secondary N) is 1. The Labute approximate surface area is 194 Å². The van der Waals surface area contributed by atoms with Gasteiger partial charge in [-0.25, -0.2) is 5.48 Å². The number of carbonyl (C=O) groups is 3. The summed E-state index contributed by atoms with van der Waals surface area (Å²) in [6.45, 7) is 3.58. The lowest BCUT2D eigenvalue weighted by Crippen LogP contribution is -2.53. The average molecular weight is 459 g/mol. The Morgan fingerprint density at radius 2 is 1.64 bits per heavy atom. The summed E-state index contributed by atoms with van der Waals surface area (Å²) in [6, 6.07) is 10.1. The van der Waals surface area contributed by atoms with E-state index in [0.717, 1.165) is 18.8 Å². The van der Waals surface area contributed by atoms with Crippen molar-refractivity contribution in [3.05, 3.63) is 30.3 Å². The third-order valence-corrected chi connectivity index (χ3v) is 7.42. The summed E-state index contributed by atoms with van der Waals surface area (Å²) >= 11 is 0. The summed E-state index contributed by atoms with van der Waals surface area (Å²) in [5.74, 6) is -1.75. The van der Waals surface area contributed by atoms with Crippen molar-refractivity contribution in [2.45, 2.75) is 38.2 Å². The van der Waals surface area contributed by atoms with Gasteiger partial charge >= 0.3 is 0 Å². The molecule has 0 spiro atoms. The standard InChI is InChI=1S/C24H34N4O5/c29-19-8-9-28(16-19)22(30)15-17-6-7-20(21(14-17)23(31)25-33)24(32)27-12-10-26(11-13-27)18-4-2-1-3-5-18/h1-5,17,19-21,29,33H,6-16H2,(H,25,31)/t17?,19-,20?,21?/m1/s1. The van der Waals surface area contributed by atoms with Gasteiger partial charge in [0.2, 0.25) is 17.7 Å². The van der Waals surface area contributed by atoms with E-state index in [0.29, 0.717) is 58.3 Å². The normalized spacial score (nSPS) is 28.0. The van der Waals surface area contributed by atoms with Crippen molar-refractivity contribution in [3.8, 4) is 0 Å². The maximum absolute atomic E-state index is 13.3. The molecule has 9 nitrogen and oxygen atoms in total. The molecule has 9 heteroatoms. The quantitative estimate of drug-likeness (QED) is 0.446. The van der Waals surface area contributed by atoms with Crippen LogP contribution in [-0.2, 0) is 14.4 Å². The first-order valence-electron chi connectivity index (χ1n) is 11.9. The van der Waals surface area contributed by atoms with E-state index in [-0.39, 0.29) is 17.7 Å². The van der Waals surface area contributed by atoms with Gasteiger partial charge in [-0.1, -0.05) is 18.2 Å². The number of anilines is 1. The number of aliphatic hydroxyl groups excluding tert-OH is 1. The first-order valence-corrected chi connectivity index (χ1v) is 11.9. The first kappa shape index (κ1) is 23.5. The van der Waals surface area contributed by atoms with Crippen molar-refractivity contribution >= 4 is 23.4 Å². The van der Waals surface area contributed by atoms with Crippen LogP contribution in [0.2, 0.25) is 0 Å². The molecule has 3 aliphatic rings. The zero-order valence-corrected chi connectivity index (χ0v) is 18.9. The fraction of sp³-hybridized carbons (Fsp3) is 0.625. The fourth-order valence-electron chi connectivity index (χ4n) is 5.51. The summed E-state index contributed by atoms with van der Waals surface area (Å²) in [6.07, 6.45) is 2.05. The highest BCUT2D eigenvalue weighted by Crippen LogP contribution is 2.37. The molecule has 3 N–H and O–H groups in total. The van der Waals surface area contributed by atoms with Gasteiger partial charge in [0.15, 0.2) is 0 Å². The third kappa shape index (κ3) is 5.47. The van der Waals surface area contributed by atoms with Crippen LogP contribution in [0.4, 0.5) is 5.69 Å². The topological polar surface area (TPSA) is 113 Å². The first-order chi connectivity index (χ1) is 16.0. The van der Waals surface area contributed by atoms with E-state index in [1.807, 2.05) is 23.1 Å². The number of hydrogen-bond donors (Lipinski definition) is 3. The van der Waals surface area contributed by atoms with Crippen LogP contribution in [0.3, 0.4) is 0 Å². The predicted molar refractivity (Wildman–Crippen MR) is 121 cm³/mol. The van der Waals surface area contributed by atoms with Crippen LogP contribution in [0.25, 0.3) is 0 Å². The number of amides is 3. The summed E-state index contributed by atoms with van der Waals surface area (Å²) < 4.78 is 0. The van der Waals surface area contributed by atoms with E-state index in [1.54, 1.807) is 10.4 Å². The number of hydrogen-bond acceptors (Lipinski definition) is 6. The average Bonchev–Trinajstić information content (AvgIpc) is 3.30. The van der Waals surface area contributed by atoms with E-state index < -0.39 is 23.8 Å². The predicted octanol–water partition coefficient (Wildman–Crippen LogP) is 0.856. The monoisotopic (exact) mass is 458 g/mol. The maximum Gasteiger partial charge on any atom is 0.247 e. The van der Waals surface area contributed by atoms with Gasteiger partial charge in [0, 0.05) is 57.3 Å². The second kappa shape index (κ2) is 10.5. The van der Waals surface area contributed by atoms with Crippen LogP contribution >= 0.6 is 0 Å². The minimum atomic E-state index is -0.648. The van der Waals surface area contributed by atoms with Crippen LogP contribution < -0.4 is 10.4 Å². The third-order valence-electron chi connectivity index (χ3n) is 7.42. The highest BCUT2D eigenvalue weighted by atomic mass is 16.5. The van der Waals surface area contributed by atoms with Crippen LogP contribution in [-0.4, -0.2) is 83.2 Å². The van der Waals surface area contributed by atoms with Gasteiger partial charge in [0.05, 0.1) is 12.0 Å². The Morgan fingerprint density at radius 1 is 0.909 bits per heavy atom. The Bertz CT molecular complexity index is 843. The van der Waals surface area contributed by atoms with Gasteiger partial charge in [-0.05, 0) is 43.7 Å². The zero-order chi connectivity index (χ0) is 23.4. The van der Waals surface area contributed by atoms with Gasteiger partial charge < -0.3 is 19.8 Å². The van der Waals surface area contributed by atoms with Crippen molar-refractivity contribution in [3.63, 3.8) is 0 Å². The molecule has 3 amide bonds. The van der Waals surface area contributed by atoms with Crippen molar-refractivity contribution in [2.75, 3.05) is 44.2 Å². The fourth-order valence-corrected chi connectivity index (χ4v) is 5.51. The van der Waals surface area contributed by atoms with Crippen LogP contribution in [0.5, 0.6) is 0 Å². The Morgan fingerprint density at radius 3 is 2.27 bits per heavy atom. The molecule has 0 bridgehead atoms. The second-order valence-corrected chi connectivity index (χ2v) is 9.50. The number of hydroxylamine groups is 1. The van der Waals surface area contributed by atoms with Crippen LogP contribution in [0.1, 0.15) is 32.1 Å². The zero-order valence-electron chi connectivity index (χ0n) is 18.9. The molecule has 180 valence electrons. The lowest BCUT2D eigenvalue weighted by Gasteiger charge is -2.40. The molecular formula is C24H34N4O5. The number of likely N-dealkylation sites (tertiary alicyclic amines) is 1. The molecule has 2 heterocycles. The largest absolute Gasteiger partial charge is 0.391 e. The summed E-state index contributed by atoms with van der Waals surface area (Å²) in [5, 5.41) is 19.0. The van der Waals surface area contributed by atoms with E-state index >= 15 is 0 Å². The summed E-state index contributed by atoms with van der Waals surface area (Å²) in [7, 11) is 0. The van der Waals surface area contributed by atoms with Crippen molar-refractivity contribution in [1.29, 1.82) is 0 Å². The highest BCUT2D eigenvalue weighted by molar-refractivity contribution is 5.88. The smallest absolute Gasteiger partial charge is 0.247 e. The molecule has 2 aliphatic heterocycles. The van der Waals surface area contributed by atoms with Crippen molar-refractivity contribution < 1.29 is 24.7 Å². The molecule has 4 rings (SSSR count). The van der Waals surface area contributed by atoms with Gasteiger partial charge in [-0.2, -0.15) is 0 Å². The van der Waals surface area contributed by atoms with Crippen molar-refractivity contribution in [1.82, 2.24) is 15.3 Å². The maximum atomic E-state index is 13.3. The number of aliphatic hydroxyl groups is 1. The number of para-hydroxylation sites is 1. The molecular weight excluding hydrogens is 424 g/mol. The minimum Gasteiger partial charge on any atom is -0.391 e. The van der Waals surface area contributed by atoms with Gasteiger partial charge in [-0.15, -0.1) is 0 Å². The highest BCUT2D eigenvalue weighted by Gasteiger charge is 2.42. The Kier molecular flexibility index (Phi) is 7.49. The summed E-state index contributed by atoms with van der Waals surface area (Å²) in [4.78, 5) is 44.2. The molecule has 3 fully saturated rings. The molecule has 2 saturated heterocycles. The molecule has 1 aromatic rings. The minimum absolute atomic E-state index is 0.0125. The number of nitrogens with zero attached hydrogens (tertiary/aromatic N) is 3. The number of carbonyl (C=O) groups excluding carboxylic acids is 3. The lowest BCUT2D eigenvalue weighted by molar-refractivity contribution is -0.148. The van der Waals surface area contributed by atoms with E-state index in [9.17, 15) is 24.7 Å². The summed E-state index contributed by atoms with van der Waals surface area (Å²) in [5.41, 5.74) is 2.88. The van der Waals surface area contributed by atoms with Gasteiger partial charge in [0.25, 0.3) is 0 Å². The molecule has 33 heavy (non-hydrogen) atoms. The number of β-amino-alcohol motifs (C(OH)–C–C–N with tert-alkyl or cyclic N) is 1. The Hall–Kier alpha value is -2.65. The van der Waals surface area contributed by atoms with Crippen molar-refractivity contribution in [2.24, 2.45) is 17.8 Å². The van der Waals surface area contributed by atoms with E-state index in [1.165, 1.54) is 0 Å². The molecule has 0 radical (unpaired) electrons. The molecule has 1 aromatic carbocycles. The molecule has 3 unspecified atom stereocenters.